The fourth-order valence-electron chi connectivity index (χ4n) is 11.6. The molecule has 0 aliphatic heterocycles. The van der Waals surface area contributed by atoms with Gasteiger partial charge in [-0.25, -0.2) is 113 Å². The molecule has 0 atom stereocenters. The second-order valence-electron chi connectivity index (χ2n) is 29.8. The Labute approximate surface area is 1150 Å². The Morgan fingerprint density at radius 2 is 0.776 bits per heavy atom. The summed E-state index contributed by atoms with van der Waals surface area (Å²) in [5, 5.41) is 12.6. The molecule has 715 valence electrons. The second-order valence-corrected chi connectivity index (χ2v) is 37.0. The van der Waals surface area contributed by atoms with Crippen LogP contribution in [0.5, 0.6) is 0 Å². The van der Waals surface area contributed by atoms with Crippen molar-refractivity contribution < 1.29 is 400 Å². The molecule has 22 rings (SSSR count). The molecule has 0 saturated heterocycles. The van der Waals surface area contributed by atoms with Gasteiger partial charge in [0.1, 0.15) is 0 Å². The van der Waals surface area contributed by atoms with Crippen LogP contribution in [0.15, 0.2) is 172 Å². The SMILES string of the molecule is Cc1[c-]c(-c2[c-]cc[nH]2)[nH]c1C.Cc1[c-]c(-c2[c-]cc[nH]2)oc1C.Cc1[c-]c(-c2[c-]cc[nH]2)sc1C.Cc1[c-]c(-c2[c-]cco2)oc1C.Cc1[c-]c(-c2[c-]cco2)sc1C.Cc1[c-]c(-c2[c-]ccs2)oc1C.Cc1[c-]c(-c2[c-]ccs2)sc1C.Cc1[nH][c-]c(-c2[c-][nH]cc2)c1C.Cc1o[c-]c(-c2[c-]cco2)c1C.Cc1o[c-]c(-c2[c-]occ2)c1C.Cc1s[c-]c(-c2[c-]scc2)c1C.[Y].[Y].[Y].[Y].[Y].[Y].[Y].[Y].[Y].[Y].[Y]. The van der Waals surface area contributed by atoms with Crippen molar-refractivity contribution in [3.63, 3.8) is 0 Å². The van der Waals surface area contributed by atoms with Crippen molar-refractivity contribution in [3.05, 3.63) is 387 Å². The minimum Gasteiger partial charge on any atom is -0.603 e. The van der Waals surface area contributed by atoms with Crippen molar-refractivity contribution in [1.82, 2.24) is 29.9 Å². The van der Waals surface area contributed by atoms with Gasteiger partial charge < -0.3 is 115 Å². The summed E-state index contributed by atoms with van der Waals surface area (Å²) in [5.41, 5.74) is 26.1. The number of furan rings is 9. The van der Waals surface area contributed by atoms with E-state index < -0.39 is 0 Å². The van der Waals surface area contributed by atoms with Crippen LogP contribution in [-0.4, -0.2) is 29.9 Å². The van der Waals surface area contributed by atoms with Crippen molar-refractivity contribution in [1.29, 1.82) is 0 Å². The number of hydrogen-bond acceptors (Lipinski definition) is 16. The van der Waals surface area contributed by atoms with Crippen LogP contribution < -0.4 is 0 Å². The third-order valence-corrected chi connectivity index (χ3v) is 27.3. The van der Waals surface area contributed by atoms with Crippen LogP contribution in [0.2, 0.25) is 0 Å². The number of aryl methyl sites for hydroxylation is 18. The van der Waals surface area contributed by atoms with Gasteiger partial charge in [0, 0.05) is 360 Å². The molecule has 143 heavy (non-hydrogen) atoms. The standard InChI is InChI=1S/2C10H10N2.C10H9NO.C10H9NS.3C10H8O2.2C10H8OS.2C10H8S2.11Y/c1-7-8(2)12-6-10(7)9-3-4-11-5-9;3*1-7-6-10(12-8(7)2)9-4-3-5-11-9;1-7-8(2)12-6-10(7)9-3-4-11-5-9;1-7-8(2)12-6-9(7)10-4-3-5-11-10;1-7-6-10(12-8(7)2)9-4-3-5-11-9;1-7-6-9(11-8(7)2)10-4-3-5-12-10;1-7-6-10(12-8(7)2)9-4-3-5-11-9;1-7-8(2)12-6-10(7)9-3-4-11-5-9;1-7-6-10(12-8(7)2)9-4-3-5-11-9;;;;;;;;;;;/h3-4,11-12H,1-2H3;3,5,11-12H,1-2H3;2*3,5,11H,1-2H3;3-4H,1-2H3;4*3,5H,1-2H3;3-4H,1-2H3;3,5H,1-2H3;;;;;;;;;;;/q11*-2;;;;;;;;;;;. The predicted molar refractivity (Wildman–Crippen MR) is 531 cm³/mol. The zero-order valence-corrected chi connectivity index (χ0v) is 121. The smallest absolute Gasteiger partial charge is 0 e. The zero-order chi connectivity index (χ0) is 94.1. The summed E-state index contributed by atoms with van der Waals surface area (Å²) in [7, 11) is 0. The average molecular weight is 2850 g/mol. The van der Waals surface area contributed by atoms with E-state index in [1.165, 1.54) is 73.9 Å². The Balaban J connectivity index is 0.000000780. The number of nitrogens with one attached hydrogen (secondary N) is 6. The molecule has 15 nitrogen and oxygen atoms in total. The van der Waals surface area contributed by atoms with E-state index >= 15 is 0 Å². The minimum absolute atomic E-state index is 0. The molecule has 22 aromatic rings. The summed E-state index contributed by atoms with van der Waals surface area (Å²) in [6.45, 7) is 44.5. The van der Waals surface area contributed by atoms with Crippen molar-refractivity contribution in [2.45, 2.75) is 152 Å². The Bertz CT molecular complexity index is 5860. The van der Waals surface area contributed by atoms with E-state index in [0.717, 1.165) is 150 Å². The van der Waals surface area contributed by atoms with Gasteiger partial charge >= 0.3 is 0 Å². The zero-order valence-electron chi connectivity index (χ0n) is 83.6. The molecule has 11 radical (unpaired) electrons. The summed E-state index contributed by atoms with van der Waals surface area (Å²) >= 11 is 11.9. The van der Waals surface area contributed by atoms with Crippen molar-refractivity contribution >= 4 is 79.4 Å². The topological polar surface area (TPSA) is 213 Å². The molecule has 0 aromatic carbocycles. The summed E-state index contributed by atoms with van der Waals surface area (Å²) in [6, 6.07) is 67.3. The number of thiophene rings is 7. The Morgan fingerprint density at radius 3 is 1.17 bits per heavy atom. The first-order valence-corrected chi connectivity index (χ1v) is 47.4. The Kier molecular flexibility index (Phi) is 70.0. The van der Waals surface area contributed by atoms with Crippen molar-refractivity contribution in [2.24, 2.45) is 0 Å². The first-order valence-electron chi connectivity index (χ1n) is 41.5. The Morgan fingerprint density at radius 1 is 0.287 bits per heavy atom. The van der Waals surface area contributed by atoms with Crippen LogP contribution in [0.1, 0.15) is 121 Å². The monoisotopic (exact) mass is 2840 g/mol. The largest absolute Gasteiger partial charge is 0.603 e. The van der Waals surface area contributed by atoms with E-state index in [-0.39, 0.29) is 360 Å². The van der Waals surface area contributed by atoms with Gasteiger partial charge in [-0.15, -0.1) is 118 Å². The second kappa shape index (κ2) is 71.4. The molecule has 22 aromatic heterocycles. The fraction of sp³-hybridized carbons (Fsp3) is 0.200. The van der Waals surface area contributed by atoms with Gasteiger partial charge in [-0.05, 0) is 72.6 Å². The van der Waals surface area contributed by atoms with E-state index in [4.69, 9.17) is 39.8 Å². The summed E-state index contributed by atoms with van der Waals surface area (Å²) in [6.07, 6.45) is 28.3. The molecule has 6 N–H and O–H groups in total. The molecule has 0 bridgehead atoms. The third-order valence-electron chi connectivity index (χ3n) is 20.6. The normalized spacial score (nSPS) is 9.69. The number of aromatic amines is 6. The maximum atomic E-state index is 5.48. The molecule has 22 heterocycles. The number of aromatic nitrogens is 6. The van der Waals surface area contributed by atoms with Crippen LogP contribution in [0.25, 0.3) is 121 Å². The molecule has 0 unspecified atom stereocenters. The van der Waals surface area contributed by atoms with E-state index in [1.807, 2.05) is 168 Å². The third kappa shape index (κ3) is 41.7. The van der Waals surface area contributed by atoms with Gasteiger partial charge in [-0.3, -0.25) is 34.0 Å². The molecular weight excluding hydrogens is 2750 g/mol. The molecule has 0 saturated carbocycles. The molecule has 33 heteroatoms. The maximum Gasteiger partial charge on any atom is 0 e. The summed E-state index contributed by atoms with van der Waals surface area (Å²) in [4.78, 5) is 29.4. The Hall–Kier alpha value is -0.757. The number of rotatable bonds is 11. The van der Waals surface area contributed by atoms with Gasteiger partial charge in [-0.1, -0.05) is 193 Å². The maximum absolute atomic E-state index is 5.48. The molecule has 0 fully saturated rings. The minimum atomic E-state index is 0. The van der Waals surface area contributed by atoms with Gasteiger partial charge in [0.2, 0.25) is 0 Å². The summed E-state index contributed by atoms with van der Waals surface area (Å²) < 4.78 is 46.9. The van der Waals surface area contributed by atoms with Crippen LogP contribution in [0, 0.1) is 285 Å². The number of H-pyrrole nitrogens is 6. The first-order chi connectivity index (χ1) is 63.5. The molecule has 0 amide bonds. The van der Waals surface area contributed by atoms with E-state index in [2.05, 4.69) is 237 Å². The number of hydrogen-bond donors (Lipinski definition) is 6. The first kappa shape index (κ1) is 140. The molecule has 0 spiro atoms. The van der Waals surface area contributed by atoms with Crippen molar-refractivity contribution in [2.75, 3.05) is 0 Å². The van der Waals surface area contributed by atoms with Gasteiger partial charge in [-0.2, -0.15) is 163 Å². The fourth-order valence-corrected chi connectivity index (χ4v) is 17.1. The molecule has 0 aliphatic rings. The van der Waals surface area contributed by atoms with Crippen molar-refractivity contribution in [3.8, 4) is 121 Å². The van der Waals surface area contributed by atoms with E-state index in [9.17, 15) is 0 Å². The molecular formula is C110H94N6O9S7Y11-22. The van der Waals surface area contributed by atoms with E-state index in [1.54, 1.807) is 123 Å². The van der Waals surface area contributed by atoms with Crippen LogP contribution in [0.3, 0.4) is 0 Å². The van der Waals surface area contributed by atoms with E-state index in [0.29, 0.717) is 17.3 Å². The molecule has 0 aliphatic carbocycles. The average Bonchev–Trinajstić information content (AvgIpc) is 1.69. The van der Waals surface area contributed by atoms with Gasteiger partial charge in [0.25, 0.3) is 0 Å². The summed E-state index contributed by atoms with van der Waals surface area (Å²) in [5.74, 6) is 8.71. The van der Waals surface area contributed by atoms with Gasteiger partial charge in [0.15, 0.2) is 0 Å². The van der Waals surface area contributed by atoms with Crippen LogP contribution >= 0.6 is 79.4 Å². The van der Waals surface area contributed by atoms with Crippen LogP contribution in [0.4, 0.5) is 0 Å². The van der Waals surface area contributed by atoms with Gasteiger partial charge in [0.05, 0.1) is 0 Å². The van der Waals surface area contributed by atoms with Crippen LogP contribution in [-0.2, 0) is 360 Å². The quantitative estimate of drug-likeness (QED) is 0.0679. The predicted octanol–water partition coefficient (Wildman–Crippen LogP) is 32.0.